The third-order valence-corrected chi connectivity index (χ3v) is 5.04. The molecule has 0 aromatic heterocycles. The smallest absolute Gasteiger partial charge is 0.392 e. The van der Waals surface area contributed by atoms with Gasteiger partial charge in [0.25, 0.3) is 0 Å². The summed E-state index contributed by atoms with van der Waals surface area (Å²) in [6.07, 6.45) is -9.73. The van der Waals surface area contributed by atoms with E-state index in [0.717, 1.165) is 0 Å². The van der Waals surface area contributed by atoms with Crippen LogP contribution in [0.5, 0.6) is 0 Å². The number of alkyl halides is 17. The Balaban J connectivity index is 6.32. The Morgan fingerprint density at radius 1 is 0.559 bits per heavy atom. The number of aliphatic hydroxyl groups excluding tert-OH is 2. The summed E-state index contributed by atoms with van der Waals surface area (Å²) in [6, 6.07) is 0. The van der Waals surface area contributed by atoms with E-state index in [1.165, 1.54) is 0 Å². The van der Waals surface area contributed by atoms with Crippen LogP contribution in [0.2, 0.25) is 0 Å². The monoisotopic (exact) mass is 566 g/mol. The molecule has 0 aromatic rings. The molecular formula is C14H11F17O2S. The van der Waals surface area contributed by atoms with Crippen LogP contribution < -0.4 is 0 Å². The number of halogens is 17. The lowest BCUT2D eigenvalue weighted by Gasteiger charge is -2.42. The van der Waals surface area contributed by atoms with Crippen LogP contribution >= 0.6 is 11.8 Å². The van der Waals surface area contributed by atoms with Gasteiger partial charge < -0.3 is 10.2 Å². The fraction of sp³-hybridized carbons (Fsp3) is 0.857. The molecule has 0 aliphatic rings. The molecule has 0 fully saturated rings. The minimum atomic E-state index is -8.65. The van der Waals surface area contributed by atoms with Gasteiger partial charge in [-0.3, -0.25) is 0 Å². The summed E-state index contributed by atoms with van der Waals surface area (Å²) in [5, 5.41) is 17.2. The van der Waals surface area contributed by atoms with E-state index < -0.39 is 77.9 Å². The SMILES string of the molecule is OCC=C(CO)SCCC(F)(F)C(F)(F)C(F)(F)C(F)(F)C(F)(F)C(F)(F)C(F)(F)C(F)(F)F. The lowest BCUT2D eigenvalue weighted by molar-refractivity contribution is -0.461. The molecular weight excluding hydrogens is 555 g/mol. The highest BCUT2D eigenvalue weighted by Gasteiger charge is 2.95. The first-order chi connectivity index (χ1) is 14.7. The Morgan fingerprint density at radius 2 is 0.912 bits per heavy atom. The van der Waals surface area contributed by atoms with Crippen LogP contribution in [-0.2, 0) is 0 Å². The molecule has 0 rings (SSSR count). The summed E-state index contributed by atoms with van der Waals surface area (Å²) in [4.78, 5) is -0.459. The molecule has 0 atom stereocenters. The van der Waals surface area contributed by atoms with Crippen molar-refractivity contribution in [3.63, 3.8) is 0 Å². The Bertz CT molecular complexity index is 728. The predicted molar refractivity (Wildman–Crippen MR) is 80.0 cm³/mol. The number of aliphatic hydroxyl groups is 2. The lowest BCUT2D eigenvalue weighted by atomic mass is 9.88. The van der Waals surface area contributed by atoms with E-state index in [2.05, 4.69) is 0 Å². The van der Waals surface area contributed by atoms with Crippen LogP contribution in [0.4, 0.5) is 74.6 Å². The highest BCUT2D eigenvalue weighted by molar-refractivity contribution is 8.03. The van der Waals surface area contributed by atoms with Crippen LogP contribution in [0, 0.1) is 0 Å². The zero-order valence-corrected chi connectivity index (χ0v) is 16.5. The summed E-state index contributed by atoms with van der Waals surface area (Å²) >= 11 is -0.0638. The largest absolute Gasteiger partial charge is 0.460 e. The summed E-state index contributed by atoms with van der Waals surface area (Å²) in [5.41, 5.74) is 0. The molecule has 0 radical (unpaired) electrons. The number of hydrogen-bond donors (Lipinski definition) is 2. The van der Waals surface area contributed by atoms with Crippen LogP contribution in [0.3, 0.4) is 0 Å². The third kappa shape index (κ3) is 5.03. The van der Waals surface area contributed by atoms with E-state index >= 15 is 0 Å². The van der Waals surface area contributed by atoms with Crippen molar-refractivity contribution in [3.8, 4) is 0 Å². The molecule has 0 unspecified atom stereocenters. The van der Waals surface area contributed by atoms with E-state index in [1.54, 1.807) is 0 Å². The van der Waals surface area contributed by atoms with Crippen LogP contribution in [0.15, 0.2) is 11.0 Å². The average Bonchev–Trinajstić information content (AvgIpc) is 2.65. The first kappa shape index (κ1) is 32.8. The first-order valence-electron chi connectivity index (χ1n) is 7.99. The van der Waals surface area contributed by atoms with Gasteiger partial charge in [0.15, 0.2) is 0 Å². The molecule has 20 heteroatoms. The van der Waals surface area contributed by atoms with Gasteiger partial charge in [0, 0.05) is 17.1 Å². The van der Waals surface area contributed by atoms with Crippen LogP contribution in [0.25, 0.3) is 0 Å². The van der Waals surface area contributed by atoms with Gasteiger partial charge in [-0.2, -0.15) is 74.6 Å². The molecule has 2 N–H and O–H groups in total. The molecule has 0 aromatic carbocycles. The van der Waals surface area contributed by atoms with Crippen molar-refractivity contribution in [1.82, 2.24) is 0 Å². The quantitative estimate of drug-likeness (QED) is 0.286. The lowest BCUT2D eigenvalue weighted by Crippen LogP contribution is -2.74. The van der Waals surface area contributed by atoms with Crippen LogP contribution in [0.1, 0.15) is 6.42 Å². The van der Waals surface area contributed by atoms with E-state index in [0.29, 0.717) is 6.08 Å². The van der Waals surface area contributed by atoms with Crippen molar-refractivity contribution >= 4 is 11.8 Å². The van der Waals surface area contributed by atoms with Gasteiger partial charge in [-0.15, -0.1) is 11.8 Å². The van der Waals surface area contributed by atoms with Gasteiger partial charge in [-0.1, -0.05) is 0 Å². The summed E-state index contributed by atoms with van der Waals surface area (Å²) < 4.78 is 222. The number of thioether (sulfide) groups is 1. The molecule has 0 spiro atoms. The maximum Gasteiger partial charge on any atom is 0.460 e. The second-order valence-corrected chi connectivity index (χ2v) is 7.48. The Hall–Kier alpha value is -1.18. The van der Waals surface area contributed by atoms with Crippen molar-refractivity contribution in [1.29, 1.82) is 0 Å². The number of hydrogen-bond acceptors (Lipinski definition) is 3. The molecule has 0 heterocycles. The first-order valence-corrected chi connectivity index (χ1v) is 8.98. The van der Waals surface area contributed by atoms with Crippen molar-refractivity contribution in [2.75, 3.05) is 19.0 Å². The average molecular weight is 566 g/mol. The summed E-state index contributed by atoms with van der Waals surface area (Å²) in [7, 11) is 0. The van der Waals surface area contributed by atoms with Gasteiger partial charge in [-0.05, 0) is 6.08 Å². The van der Waals surface area contributed by atoms with E-state index in [1.807, 2.05) is 0 Å². The van der Waals surface area contributed by atoms with Gasteiger partial charge in [0.05, 0.1) is 13.2 Å². The van der Waals surface area contributed by atoms with Gasteiger partial charge in [-0.25, -0.2) is 0 Å². The van der Waals surface area contributed by atoms with Crippen molar-refractivity contribution in [2.45, 2.75) is 54.1 Å². The Kier molecular flexibility index (Phi) is 9.36. The molecule has 0 saturated heterocycles. The van der Waals surface area contributed by atoms with Crippen molar-refractivity contribution in [3.05, 3.63) is 11.0 Å². The van der Waals surface area contributed by atoms with Crippen molar-refractivity contribution in [2.24, 2.45) is 0 Å². The van der Waals surface area contributed by atoms with E-state index in [4.69, 9.17) is 10.2 Å². The normalized spacial score (nSPS) is 16.3. The third-order valence-electron chi connectivity index (χ3n) is 3.97. The second kappa shape index (κ2) is 9.70. The predicted octanol–water partition coefficient (Wildman–Crippen LogP) is 5.99. The van der Waals surface area contributed by atoms with Crippen molar-refractivity contribution < 1.29 is 84.9 Å². The van der Waals surface area contributed by atoms with E-state index in [9.17, 15) is 74.6 Å². The minimum absolute atomic E-state index is 0.0638. The maximum atomic E-state index is 13.6. The standard InChI is InChI=1S/C14H11F17O2S/c15-7(16,2-4-34-6(5-33)1-3-32)8(17,18)9(19,20)10(21,22)11(23,24)12(25,26)13(27,28)14(29,30)31/h1,32-33H,2-5H2. The molecule has 0 aliphatic heterocycles. The molecule has 0 aliphatic carbocycles. The van der Waals surface area contributed by atoms with E-state index in [-0.39, 0.29) is 11.8 Å². The molecule has 34 heavy (non-hydrogen) atoms. The Labute approximate surface area is 181 Å². The van der Waals surface area contributed by atoms with Gasteiger partial charge >= 0.3 is 47.6 Å². The highest BCUT2D eigenvalue weighted by Crippen LogP contribution is 2.64. The zero-order chi connectivity index (χ0) is 27.8. The summed E-state index contributed by atoms with van der Waals surface area (Å²) in [6.45, 7) is -1.91. The topological polar surface area (TPSA) is 40.5 Å². The highest BCUT2D eigenvalue weighted by atomic mass is 32.2. The van der Waals surface area contributed by atoms with Gasteiger partial charge in [0.1, 0.15) is 0 Å². The molecule has 0 amide bonds. The minimum Gasteiger partial charge on any atom is -0.392 e. The molecule has 0 bridgehead atoms. The molecule has 0 saturated carbocycles. The number of rotatable bonds is 12. The summed E-state index contributed by atoms with van der Waals surface area (Å²) in [5.74, 6) is -57.9. The fourth-order valence-electron chi connectivity index (χ4n) is 1.93. The second-order valence-electron chi connectivity index (χ2n) is 6.26. The van der Waals surface area contributed by atoms with Crippen LogP contribution in [-0.4, -0.2) is 76.8 Å². The van der Waals surface area contributed by atoms with Gasteiger partial charge in [0.2, 0.25) is 0 Å². The zero-order valence-electron chi connectivity index (χ0n) is 15.6. The maximum absolute atomic E-state index is 13.6. The molecule has 2 nitrogen and oxygen atoms in total. The Morgan fingerprint density at radius 3 is 1.24 bits per heavy atom. The molecule has 204 valence electrons. The fourth-order valence-corrected chi connectivity index (χ4v) is 2.84.